The van der Waals surface area contributed by atoms with Gasteiger partial charge in [0.25, 0.3) is 0 Å². The van der Waals surface area contributed by atoms with Crippen LogP contribution in [0.3, 0.4) is 0 Å². The van der Waals surface area contributed by atoms with Crippen LogP contribution < -0.4 is 11.1 Å². The first-order valence-electron chi connectivity index (χ1n) is 5.65. The highest BCUT2D eigenvalue weighted by Crippen LogP contribution is 2.24. The molecule has 0 radical (unpaired) electrons. The van der Waals surface area contributed by atoms with Crippen LogP contribution in [0.15, 0.2) is 42.9 Å². The maximum Gasteiger partial charge on any atom is 0.180 e. The fourth-order valence-electron chi connectivity index (χ4n) is 2.01. The fourth-order valence-corrected chi connectivity index (χ4v) is 2.01. The highest BCUT2D eigenvalue weighted by atomic mass is 15.1. The second-order valence-electron chi connectivity index (χ2n) is 3.99. The zero-order chi connectivity index (χ0) is 12.5. The predicted molar refractivity (Wildman–Crippen MR) is 72.4 cm³/mol. The summed E-state index contributed by atoms with van der Waals surface area (Å²) in [7, 11) is 1.83. The maximum atomic E-state index is 5.81. The minimum Gasteiger partial charge on any atom is -0.399 e. The van der Waals surface area contributed by atoms with E-state index in [9.17, 15) is 0 Å². The normalized spacial score (nSPS) is 10.7. The minimum absolute atomic E-state index is 0.741. The van der Waals surface area contributed by atoms with Crippen LogP contribution in [0.4, 0.5) is 11.5 Å². The molecule has 0 unspecified atom stereocenters. The zero-order valence-corrected chi connectivity index (χ0v) is 9.96. The van der Waals surface area contributed by atoms with E-state index < -0.39 is 0 Å². The van der Waals surface area contributed by atoms with Crippen molar-refractivity contribution in [3.8, 4) is 11.3 Å². The molecule has 3 rings (SSSR count). The lowest BCUT2D eigenvalue weighted by molar-refractivity contribution is 1.13. The van der Waals surface area contributed by atoms with Crippen molar-refractivity contribution in [2.75, 3.05) is 18.1 Å². The molecule has 2 heterocycles. The number of nitrogens with one attached hydrogen (secondary N) is 1. The molecular formula is C13H13N5. The Kier molecular flexibility index (Phi) is 2.37. The van der Waals surface area contributed by atoms with Crippen molar-refractivity contribution in [2.24, 2.45) is 0 Å². The van der Waals surface area contributed by atoms with Crippen molar-refractivity contribution >= 4 is 17.2 Å². The number of imidazole rings is 1. The number of anilines is 2. The third-order valence-electron chi connectivity index (χ3n) is 2.85. The van der Waals surface area contributed by atoms with Crippen LogP contribution in [0.1, 0.15) is 0 Å². The van der Waals surface area contributed by atoms with E-state index in [-0.39, 0.29) is 0 Å². The molecule has 3 N–H and O–H groups in total. The molecule has 0 saturated heterocycles. The van der Waals surface area contributed by atoms with Gasteiger partial charge in [-0.1, -0.05) is 12.1 Å². The number of nitrogens with zero attached hydrogens (tertiary/aromatic N) is 3. The summed E-state index contributed by atoms with van der Waals surface area (Å²) in [4.78, 5) is 8.62. The summed E-state index contributed by atoms with van der Waals surface area (Å²) >= 11 is 0. The van der Waals surface area contributed by atoms with Crippen LogP contribution in [0, 0.1) is 0 Å². The standard InChI is InChI=1S/C13H13N5/c1-15-12-13-17-8-11(18(13)6-5-16-12)9-3-2-4-10(14)7-9/h2-8H,14H2,1H3,(H,15,16). The number of hydrogen-bond donors (Lipinski definition) is 2. The molecule has 1 aromatic carbocycles. The minimum atomic E-state index is 0.741. The molecule has 5 nitrogen and oxygen atoms in total. The Balaban J connectivity index is 2.25. The van der Waals surface area contributed by atoms with Crippen molar-refractivity contribution < 1.29 is 0 Å². The Labute approximate surface area is 104 Å². The first-order chi connectivity index (χ1) is 8.79. The van der Waals surface area contributed by atoms with Crippen molar-refractivity contribution in [3.05, 3.63) is 42.9 Å². The molecule has 0 aliphatic rings. The van der Waals surface area contributed by atoms with Gasteiger partial charge in [0.1, 0.15) is 0 Å². The molecule has 2 aromatic heterocycles. The predicted octanol–water partition coefficient (Wildman–Crippen LogP) is 2.02. The van der Waals surface area contributed by atoms with E-state index >= 15 is 0 Å². The molecule has 0 fully saturated rings. The molecule has 0 aliphatic heterocycles. The molecule has 0 saturated carbocycles. The van der Waals surface area contributed by atoms with Crippen LogP contribution in [0.25, 0.3) is 16.9 Å². The largest absolute Gasteiger partial charge is 0.399 e. The Hall–Kier alpha value is -2.56. The molecule has 0 atom stereocenters. The number of hydrogen-bond acceptors (Lipinski definition) is 4. The van der Waals surface area contributed by atoms with E-state index in [1.165, 1.54) is 0 Å². The van der Waals surface area contributed by atoms with Crippen molar-refractivity contribution in [1.82, 2.24) is 14.4 Å². The number of fused-ring (bicyclic) bond motifs is 1. The Morgan fingerprint density at radius 1 is 1.28 bits per heavy atom. The van der Waals surface area contributed by atoms with Gasteiger partial charge in [-0.3, -0.25) is 4.40 Å². The van der Waals surface area contributed by atoms with Gasteiger partial charge in [0, 0.05) is 30.7 Å². The molecule has 0 amide bonds. The Morgan fingerprint density at radius 3 is 2.94 bits per heavy atom. The number of rotatable bonds is 2. The van der Waals surface area contributed by atoms with E-state index in [0.717, 1.165) is 28.4 Å². The second-order valence-corrected chi connectivity index (χ2v) is 3.99. The van der Waals surface area contributed by atoms with Gasteiger partial charge in [0.15, 0.2) is 11.5 Å². The van der Waals surface area contributed by atoms with Crippen molar-refractivity contribution in [1.29, 1.82) is 0 Å². The molecular weight excluding hydrogens is 226 g/mol. The van der Waals surface area contributed by atoms with Crippen molar-refractivity contribution in [3.63, 3.8) is 0 Å². The third kappa shape index (κ3) is 1.57. The summed E-state index contributed by atoms with van der Waals surface area (Å²) < 4.78 is 1.99. The van der Waals surface area contributed by atoms with Gasteiger partial charge in [-0.15, -0.1) is 0 Å². The number of benzene rings is 1. The summed E-state index contributed by atoms with van der Waals surface area (Å²) in [6, 6.07) is 7.75. The van der Waals surface area contributed by atoms with Crippen LogP contribution in [-0.2, 0) is 0 Å². The van der Waals surface area contributed by atoms with E-state index in [2.05, 4.69) is 15.3 Å². The molecule has 5 heteroatoms. The summed E-state index contributed by atoms with van der Waals surface area (Å²) in [6.07, 6.45) is 5.46. The van der Waals surface area contributed by atoms with E-state index in [4.69, 9.17) is 5.73 Å². The average Bonchev–Trinajstić information content (AvgIpc) is 2.82. The lowest BCUT2D eigenvalue weighted by Crippen LogP contribution is -1.97. The fraction of sp³-hybridized carbons (Fsp3) is 0.0769. The molecule has 0 aliphatic carbocycles. The van der Waals surface area contributed by atoms with Gasteiger partial charge in [-0.25, -0.2) is 9.97 Å². The summed E-state index contributed by atoms with van der Waals surface area (Å²) in [6.45, 7) is 0. The lowest BCUT2D eigenvalue weighted by Gasteiger charge is -2.04. The number of nitrogen functional groups attached to an aromatic ring is 1. The molecule has 0 bridgehead atoms. The summed E-state index contributed by atoms with van der Waals surface area (Å²) in [5, 5.41) is 3.03. The van der Waals surface area contributed by atoms with Crippen LogP contribution in [0.5, 0.6) is 0 Å². The van der Waals surface area contributed by atoms with Gasteiger partial charge in [0.05, 0.1) is 11.9 Å². The Morgan fingerprint density at radius 2 is 2.17 bits per heavy atom. The Bertz CT molecular complexity index is 701. The second kappa shape index (κ2) is 4.03. The summed E-state index contributed by atoms with van der Waals surface area (Å²) in [5.74, 6) is 0.757. The smallest absolute Gasteiger partial charge is 0.180 e. The van der Waals surface area contributed by atoms with E-state index in [0.29, 0.717) is 0 Å². The van der Waals surface area contributed by atoms with Crippen molar-refractivity contribution in [2.45, 2.75) is 0 Å². The van der Waals surface area contributed by atoms with E-state index in [1.54, 1.807) is 6.20 Å². The summed E-state index contributed by atoms with van der Waals surface area (Å²) in [5.41, 5.74) is 9.39. The van der Waals surface area contributed by atoms with Gasteiger partial charge in [-0.05, 0) is 12.1 Å². The number of nitrogens with two attached hydrogens (primary N) is 1. The molecule has 90 valence electrons. The topological polar surface area (TPSA) is 68.2 Å². The van der Waals surface area contributed by atoms with Crippen LogP contribution in [-0.4, -0.2) is 21.4 Å². The third-order valence-corrected chi connectivity index (χ3v) is 2.85. The van der Waals surface area contributed by atoms with Gasteiger partial charge in [-0.2, -0.15) is 0 Å². The van der Waals surface area contributed by atoms with Crippen LogP contribution >= 0.6 is 0 Å². The molecule has 18 heavy (non-hydrogen) atoms. The van der Waals surface area contributed by atoms with Gasteiger partial charge in [0.2, 0.25) is 0 Å². The quantitative estimate of drug-likeness (QED) is 0.671. The van der Waals surface area contributed by atoms with Gasteiger partial charge >= 0.3 is 0 Å². The highest BCUT2D eigenvalue weighted by molar-refractivity contribution is 5.71. The average molecular weight is 239 g/mol. The van der Waals surface area contributed by atoms with Crippen LogP contribution in [0.2, 0.25) is 0 Å². The van der Waals surface area contributed by atoms with E-state index in [1.807, 2.05) is 48.1 Å². The van der Waals surface area contributed by atoms with Gasteiger partial charge < -0.3 is 11.1 Å². The first kappa shape index (κ1) is 10.6. The highest BCUT2D eigenvalue weighted by Gasteiger charge is 2.09. The lowest BCUT2D eigenvalue weighted by atomic mass is 10.1. The molecule has 3 aromatic rings. The monoisotopic (exact) mass is 239 g/mol. The maximum absolute atomic E-state index is 5.81. The zero-order valence-electron chi connectivity index (χ0n) is 9.96. The molecule has 0 spiro atoms. The first-order valence-corrected chi connectivity index (χ1v) is 5.65. The SMILES string of the molecule is CNc1nccn2c(-c3cccc(N)c3)cnc12. The number of aromatic nitrogens is 3.